The van der Waals surface area contributed by atoms with E-state index in [0.717, 1.165) is 11.3 Å². The summed E-state index contributed by atoms with van der Waals surface area (Å²) in [6, 6.07) is 11.6. The minimum Gasteiger partial charge on any atom is -0.457 e. The molecular formula is C15H19N3O. The zero-order valence-electron chi connectivity index (χ0n) is 11.5. The molecule has 0 saturated heterocycles. The van der Waals surface area contributed by atoms with Gasteiger partial charge in [0.2, 0.25) is 0 Å². The minimum atomic E-state index is 0.0264. The molecule has 0 aliphatic carbocycles. The number of nitrogens with two attached hydrogens (primary N) is 1. The number of rotatable bonds is 3. The van der Waals surface area contributed by atoms with E-state index in [2.05, 4.69) is 37.2 Å². The molecule has 0 amide bonds. The molecule has 0 atom stereocenters. The van der Waals surface area contributed by atoms with E-state index in [-0.39, 0.29) is 5.41 Å². The van der Waals surface area contributed by atoms with Crippen molar-refractivity contribution in [2.45, 2.75) is 26.2 Å². The molecule has 3 N–H and O–H groups in total. The summed E-state index contributed by atoms with van der Waals surface area (Å²) in [5.74, 6) is 7.48. The Kier molecular flexibility index (Phi) is 3.71. The molecule has 2 rings (SSSR count). The van der Waals surface area contributed by atoms with Crippen LogP contribution in [0.3, 0.4) is 0 Å². The predicted molar refractivity (Wildman–Crippen MR) is 77.3 cm³/mol. The summed E-state index contributed by atoms with van der Waals surface area (Å²) in [6.45, 7) is 6.48. The number of hydrogen-bond acceptors (Lipinski definition) is 4. The van der Waals surface area contributed by atoms with Crippen LogP contribution in [0.5, 0.6) is 11.5 Å². The van der Waals surface area contributed by atoms with Crippen molar-refractivity contribution < 1.29 is 4.74 Å². The quantitative estimate of drug-likeness (QED) is 0.653. The van der Waals surface area contributed by atoms with E-state index in [1.807, 2.05) is 18.2 Å². The minimum absolute atomic E-state index is 0.0264. The van der Waals surface area contributed by atoms with Crippen molar-refractivity contribution in [3.8, 4) is 11.5 Å². The highest BCUT2D eigenvalue weighted by Crippen LogP contribution is 2.34. The molecule has 4 heteroatoms. The second-order valence-electron chi connectivity index (χ2n) is 5.37. The van der Waals surface area contributed by atoms with Gasteiger partial charge in [-0.25, -0.2) is 10.8 Å². The molecule has 19 heavy (non-hydrogen) atoms. The van der Waals surface area contributed by atoms with Crippen LogP contribution in [0, 0.1) is 0 Å². The van der Waals surface area contributed by atoms with Gasteiger partial charge in [0.1, 0.15) is 17.3 Å². The van der Waals surface area contributed by atoms with Crippen LogP contribution in [0.15, 0.2) is 42.6 Å². The molecule has 1 heterocycles. The number of hydrogen-bond donors (Lipinski definition) is 2. The summed E-state index contributed by atoms with van der Waals surface area (Å²) in [5.41, 5.74) is 3.69. The second-order valence-corrected chi connectivity index (χ2v) is 5.37. The van der Waals surface area contributed by atoms with E-state index in [1.165, 1.54) is 0 Å². The van der Waals surface area contributed by atoms with Crippen molar-refractivity contribution in [1.29, 1.82) is 0 Å². The van der Waals surface area contributed by atoms with Crippen molar-refractivity contribution in [2.75, 3.05) is 5.43 Å². The number of anilines is 1. The Hall–Kier alpha value is -2.07. The van der Waals surface area contributed by atoms with E-state index in [0.29, 0.717) is 11.6 Å². The van der Waals surface area contributed by atoms with Gasteiger partial charge in [-0.15, -0.1) is 0 Å². The maximum Gasteiger partial charge on any atom is 0.143 e. The maximum atomic E-state index is 5.94. The van der Waals surface area contributed by atoms with Gasteiger partial charge in [0.05, 0.1) is 0 Å². The third kappa shape index (κ3) is 3.23. The van der Waals surface area contributed by atoms with Gasteiger partial charge in [-0.1, -0.05) is 39.0 Å². The lowest BCUT2D eigenvalue weighted by Gasteiger charge is -2.22. The van der Waals surface area contributed by atoms with Gasteiger partial charge < -0.3 is 10.2 Å². The van der Waals surface area contributed by atoms with Gasteiger partial charge in [0, 0.05) is 17.8 Å². The van der Waals surface area contributed by atoms with Crippen LogP contribution in [0.1, 0.15) is 26.3 Å². The second kappa shape index (κ2) is 5.28. The molecule has 0 spiro atoms. The lowest BCUT2D eigenvalue weighted by Crippen LogP contribution is -2.12. The molecule has 0 aliphatic heterocycles. The van der Waals surface area contributed by atoms with Crippen LogP contribution in [0.25, 0.3) is 0 Å². The van der Waals surface area contributed by atoms with Crippen LogP contribution < -0.4 is 16.0 Å². The number of nitrogens with one attached hydrogen (secondary N) is 1. The number of hydrazine groups is 1. The van der Waals surface area contributed by atoms with Crippen molar-refractivity contribution in [2.24, 2.45) is 5.84 Å². The third-order valence-electron chi connectivity index (χ3n) is 2.80. The summed E-state index contributed by atoms with van der Waals surface area (Å²) < 4.78 is 5.94. The first kappa shape index (κ1) is 13.4. The number of nitrogen functional groups attached to an aromatic ring is 1. The molecule has 100 valence electrons. The Bertz CT molecular complexity index is 561. The Balaban J connectivity index is 2.33. The van der Waals surface area contributed by atoms with Gasteiger partial charge in [-0.05, 0) is 17.5 Å². The molecule has 4 nitrogen and oxygen atoms in total. The SMILES string of the molecule is CC(C)(C)c1ccccc1Oc1ccnc(NN)c1. The third-order valence-corrected chi connectivity index (χ3v) is 2.80. The molecule has 1 aromatic carbocycles. The zero-order valence-corrected chi connectivity index (χ0v) is 11.5. The Morgan fingerprint density at radius 1 is 1.16 bits per heavy atom. The molecular weight excluding hydrogens is 238 g/mol. The smallest absolute Gasteiger partial charge is 0.143 e. The highest BCUT2D eigenvalue weighted by molar-refractivity contribution is 5.44. The van der Waals surface area contributed by atoms with Crippen LogP contribution in [0.4, 0.5) is 5.82 Å². The molecule has 2 aromatic rings. The van der Waals surface area contributed by atoms with Crippen molar-refractivity contribution in [3.05, 3.63) is 48.2 Å². The van der Waals surface area contributed by atoms with E-state index >= 15 is 0 Å². The van der Waals surface area contributed by atoms with E-state index < -0.39 is 0 Å². The van der Waals surface area contributed by atoms with Crippen molar-refractivity contribution in [3.63, 3.8) is 0 Å². The average Bonchev–Trinajstić information content (AvgIpc) is 2.38. The Labute approximate surface area is 113 Å². The van der Waals surface area contributed by atoms with Crippen molar-refractivity contribution >= 4 is 5.82 Å². The van der Waals surface area contributed by atoms with E-state index in [9.17, 15) is 0 Å². The first-order valence-corrected chi connectivity index (χ1v) is 6.21. The van der Waals surface area contributed by atoms with Crippen LogP contribution >= 0.6 is 0 Å². The fraction of sp³-hybridized carbons (Fsp3) is 0.267. The highest BCUT2D eigenvalue weighted by atomic mass is 16.5. The summed E-state index contributed by atoms with van der Waals surface area (Å²) >= 11 is 0. The standard InChI is InChI=1S/C15H19N3O/c1-15(2,3)12-6-4-5-7-13(12)19-11-8-9-17-14(10-11)18-16/h4-10H,16H2,1-3H3,(H,17,18). The highest BCUT2D eigenvalue weighted by Gasteiger charge is 2.18. The number of nitrogens with zero attached hydrogens (tertiary/aromatic N) is 1. The van der Waals surface area contributed by atoms with E-state index in [4.69, 9.17) is 10.6 Å². The fourth-order valence-corrected chi connectivity index (χ4v) is 1.86. The number of para-hydroxylation sites is 1. The normalized spacial score (nSPS) is 11.2. The molecule has 0 aliphatic rings. The van der Waals surface area contributed by atoms with Gasteiger partial charge >= 0.3 is 0 Å². The maximum absolute atomic E-state index is 5.94. The summed E-state index contributed by atoms with van der Waals surface area (Å²) in [6.07, 6.45) is 1.66. The molecule has 0 unspecified atom stereocenters. The van der Waals surface area contributed by atoms with Gasteiger partial charge in [-0.3, -0.25) is 0 Å². The molecule has 0 radical (unpaired) electrons. The predicted octanol–water partition coefficient (Wildman–Crippen LogP) is 3.46. The Morgan fingerprint density at radius 3 is 2.58 bits per heavy atom. The Morgan fingerprint density at radius 2 is 1.89 bits per heavy atom. The van der Waals surface area contributed by atoms with Gasteiger partial charge in [-0.2, -0.15) is 0 Å². The first-order chi connectivity index (χ1) is 9.00. The monoisotopic (exact) mass is 257 g/mol. The zero-order chi connectivity index (χ0) is 13.9. The van der Waals surface area contributed by atoms with Gasteiger partial charge in [0.15, 0.2) is 0 Å². The molecule has 0 saturated carbocycles. The number of ether oxygens (including phenoxy) is 1. The number of pyridine rings is 1. The van der Waals surface area contributed by atoms with Crippen LogP contribution in [-0.4, -0.2) is 4.98 Å². The topological polar surface area (TPSA) is 60.2 Å². The molecule has 0 bridgehead atoms. The van der Waals surface area contributed by atoms with Crippen molar-refractivity contribution in [1.82, 2.24) is 4.98 Å². The first-order valence-electron chi connectivity index (χ1n) is 6.21. The summed E-state index contributed by atoms with van der Waals surface area (Å²) in [7, 11) is 0. The number of aromatic nitrogens is 1. The number of benzene rings is 1. The van der Waals surface area contributed by atoms with Gasteiger partial charge in [0.25, 0.3) is 0 Å². The van der Waals surface area contributed by atoms with E-state index in [1.54, 1.807) is 18.3 Å². The fourth-order valence-electron chi connectivity index (χ4n) is 1.86. The average molecular weight is 257 g/mol. The molecule has 0 fully saturated rings. The molecule has 1 aromatic heterocycles. The lowest BCUT2D eigenvalue weighted by atomic mass is 9.86. The lowest BCUT2D eigenvalue weighted by molar-refractivity contribution is 0.455. The summed E-state index contributed by atoms with van der Waals surface area (Å²) in [5, 5.41) is 0. The van der Waals surface area contributed by atoms with Crippen LogP contribution in [0.2, 0.25) is 0 Å². The largest absolute Gasteiger partial charge is 0.457 e. The summed E-state index contributed by atoms with van der Waals surface area (Å²) in [4.78, 5) is 4.05. The van der Waals surface area contributed by atoms with Crippen LogP contribution in [-0.2, 0) is 5.41 Å².